The summed E-state index contributed by atoms with van der Waals surface area (Å²) in [4.78, 5) is 10.5. The van der Waals surface area contributed by atoms with Crippen LogP contribution in [0.1, 0.15) is 13.3 Å². The molecule has 0 aromatic rings. The number of carbonyl (C=O) groups is 1. The third-order valence-electron chi connectivity index (χ3n) is 1.14. The van der Waals surface area contributed by atoms with Gasteiger partial charge in [0.25, 0.3) is 0 Å². The van der Waals surface area contributed by atoms with E-state index in [-0.39, 0.29) is 18.5 Å². The highest BCUT2D eigenvalue weighted by Crippen LogP contribution is 1.91. The largest absolute Gasteiger partial charge is 0.469 e. The standard InChI is InChI=1S/C8H12O3/c1-4-7(2)11-6-5-8(9)10-3/h1,7H,5-6H2,2-3H3. The summed E-state index contributed by atoms with van der Waals surface area (Å²) in [7, 11) is 1.34. The normalized spacial score (nSPS) is 11.7. The lowest BCUT2D eigenvalue weighted by Gasteiger charge is -2.04. The van der Waals surface area contributed by atoms with Crippen LogP contribution >= 0.6 is 0 Å². The Labute approximate surface area is 66.7 Å². The van der Waals surface area contributed by atoms with E-state index in [0.717, 1.165) is 0 Å². The van der Waals surface area contributed by atoms with E-state index in [1.54, 1.807) is 6.92 Å². The van der Waals surface area contributed by atoms with Crippen molar-refractivity contribution in [1.29, 1.82) is 0 Å². The van der Waals surface area contributed by atoms with Gasteiger partial charge < -0.3 is 9.47 Å². The number of terminal acetylenes is 1. The first kappa shape index (κ1) is 9.99. The Bertz CT molecular complexity index is 157. The molecule has 0 saturated heterocycles. The van der Waals surface area contributed by atoms with Crippen LogP contribution in [0.2, 0.25) is 0 Å². The molecule has 0 aliphatic rings. The predicted octanol–water partition coefficient (Wildman–Crippen LogP) is 0.588. The van der Waals surface area contributed by atoms with Crippen molar-refractivity contribution in [1.82, 2.24) is 0 Å². The second kappa shape index (κ2) is 5.75. The number of hydrogen-bond donors (Lipinski definition) is 0. The van der Waals surface area contributed by atoms with E-state index < -0.39 is 0 Å². The van der Waals surface area contributed by atoms with E-state index in [9.17, 15) is 4.79 Å². The van der Waals surface area contributed by atoms with Gasteiger partial charge in [-0.1, -0.05) is 5.92 Å². The molecule has 0 fully saturated rings. The van der Waals surface area contributed by atoms with Crippen LogP contribution in [0.4, 0.5) is 0 Å². The lowest BCUT2D eigenvalue weighted by Crippen LogP contribution is -2.10. The van der Waals surface area contributed by atoms with Crippen LogP contribution in [0.5, 0.6) is 0 Å². The molecule has 3 nitrogen and oxygen atoms in total. The van der Waals surface area contributed by atoms with Crippen LogP contribution in [-0.2, 0) is 14.3 Å². The molecule has 0 aromatic heterocycles. The van der Waals surface area contributed by atoms with Gasteiger partial charge in [0.1, 0.15) is 6.10 Å². The first-order valence-electron chi connectivity index (χ1n) is 3.35. The number of rotatable bonds is 4. The van der Waals surface area contributed by atoms with Gasteiger partial charge in [0.15, 0.2) is 0 Å². The zero-order chi connectivity index (χ0) is 8.69. The summed E-state index contributed by atoms with van der Waals surface area (Å²) in [6.07, 6.45) is 5.05. The maximum absolute atomic E-state index is 10.5. The third kappa shape index (κ3) is 5.43. The van der Waals surface area contributed by atoms with Crippen molar-refractivity contribution in [2.75, 3.05) is 13.7 Å². The van der Waals surface area contributed by atoms with Crippen molar-refractivity contribution in [2.45, 2.75) is 19.4 Å². The molecule has 62 valence electrons. The van der Waals surface area contributed by atoms with E-state index in [2.05, 4.69) is 10.7 Å². The molecule has 0 saturated carbocycles. The topological polar surface area (TPSA) is 35.5 Å². The van der Waals surface area contributed by atoms with Gasteiger partial charge in [0.05, 0.1) is 20.1 Å². The van der Waals surface area contributed by atoms with Crippen molar-refractivity contribution in [2.24, 2.45) is 0 Å². The van der Waals surface area contributed by atoms with Crippen LogP contribution in [0.25, 0.3) is 0 Å². The summed E-state index contributed by atoms with van der Waals surface area (Å²) in [5, 5.41) is 0. The highest BCUT2D eigenvalue weighted by molar-refractivity contribution is 5.69. The molecule has 0 spiro atoms. The molecule has 0 rings (SSSR count). The minimum Gasteiger partial charge on any atom is -0.469 e. The van der Waals surface area contributed by atoms with E-state index in [1.165, 1.54) is 7.11 Å². The first-order valence-corrected chi connectivity index (χ1v) is 3.35. The van der Waals surface area contributed by atoms with Gasteiger partial charge in [-0.2, -0.15) is 0 Å². The minimum absolute atomic E-state index is 0.236. The maximum Gasteiger partial charge on any atom is 0.307 e. The van der Waals surface area contributed by atoms with Crippen molar-refractivity contribution >= 4 is 5.97 Å². The second-order valence-electron chi connectivity index (χ2n) is 2.01. The monoisotopic (exact) mass is 156 g/mol. The molecule has 0 amide bonds. The summed E-state index contributed by atoms with van der Waals surface area (Å²) >= 11 is 0. The van der Waals surface area contributed by atoms with Gasteiger partial charge >= 0.3 is 5.97 Å². The van der Waals surface area contributed by atoms with Crippen LogP contribution in [0, 0.1) is 12.3 Å². The molecule has 0 heterocycles. The molecule has 0 N–H and O–H groups in total. The van der Waals surface area contributed by atoms with Crippen LogP contribution in [-0.4, -0.2) is 25.8 Å². The Morgan fingerprint density at radius 3 is 2.82 bits per heavy atom. The minimum atomic E-state index is -0.283. The lowest BCUT2D eigenvalue weighted by atomic mass is 10.4. The fourth-order valence-electron chi connectivity index (χ4n) is 0.469. The van der Waals surface area contributed by atoms with Gasteiger partial charge in [-0.15, -0.1) is 6.42 Å². The van der Waals surface area contributed by atoms with Gasteiger partial charge in [0.2, 0.25) is 0 Å². The molecule has 0 bridgehead atoms. The number of hydrogen-bond acceptors (Lipinski definition) is 3. The molecular formula is C8H12O3. The molecule has 1 unspecified atom stereocenters. The summed E-state index contributed by atoms with van der Waals surface area (Å²) in [6.45, 7) is 2.06. The maximum atomic E-state index is 10.5. The van der Waals surface area contributed by atoms with Crippen molar-refractivity contribution in [3.8, 4) is 12.3 Å². The van der Waals surface area contributed by atoms with Crippen LogP contribution in [0.3, 0.4) is 0 Å². The molecule has 0 aliphatic carbocycles. The Morgan fingerprint density at radius 1 is 1.73 bits per heavy atom. The Morgan fingerprint density at radius 2 is 2.36 bits per heavy atom. The number of carbonyl (C=O) groups excluding carboxylic acids is 1. The molecule has 3 heteroatoms. The van der Waals surface area contributed by atoms with E-state index >= 15 is 0 Å². The summed E-state index contributed by atoms with van der Waals surface area (Å²) < 4.78 is 9.42. The van der Waals surface area contributed by atoms with Crippen molar-refractivity contribution < 1.29 is 14.3 Å². The van der Waals surface area contributed by atoms with Crippen LogP contribution in [0.15, 0.2) is 0 Å². The van der Waals surface area contributed by atoms with Crippen LogP contribution < -0.4 is 0 Å². The SMILES string of the molecule is C#CC(C)OCCC(=O)OC. The third-order valence-corrected chi connectivity index (χ3v) is 1.14. The lowest BCUT2D eigenvalue weighted by molar-refractivity contribution is -0.141. The Balaban J connectivity index is 3.29. The van der Waals surface area contributed by atoms with Crippen molar-refractivity contribution in [3.05, 3.63) is 0 Å². The number of esters is 1. The predicted molar refractivity (Wildman–Crippen MR) is 40.9 cm³/mol. The molecule has 0 aromatic carbocycles. The molecule has 11 heavy (non-hydrogen) atoms. The average Bonchev–Trinajstić information content (AvgIpc) is 2.04. The highest BCUT2D eigenvalue weighted by atomic mass is 16.5. The summed E-state index contributed by atoms with van der Waals surface area (Å²) in [5.74, 6) is 2.10. The average molecular weight is 156 g/mol. The van der Waals surface area contributed by atoms with Crippen molar-refractivity contribution in [3.63, 3.8) is 0 Å². The van der Waals surface area contributed by atoms with E-state index in [0.29, 0.717) is 6.61 Å². The molecule has 0 aliphatic heterocycles. The zero-order valence-electron chi connectivity index (χ0n) is 6.79. The van der Waals surface area contributed by atoms with Gasteiger partial charge in [0, 0.05) is 0 Å². The first-order chi connectivity index (χ1) is 5.20. The zero-order valence-corrected chi connectivity index (χ0v) is 6.79. The van der Waals surface area contributed by atoms with E-state index in [4.69, 9.17) is 11.2 Å². The smallest absolute Gasteiger partial charge is 0.307 e. The molecule has 1 atom stereocenters. The fraction of sp³-hybridized carbons (Fsp3) is 0.625. The fourth-order valence-corrected chi connectivity index (χ4v) is 0.469. The summed E-state index contributed by atoms with van der Waals surface area (Å²) in [5.41, 5.74) is 0. The van der Waals surface area contributed by atoms with E-state index in [1.807, 2.05) is 0 Å². The number of ether oxygens (including phenoxy) is 2. The van der Waals surface area contributed by atoms with Gasteiger partial charge in [-0.3, -0.25) is 4.79 Å². The van der Waals surface area contributed by atoms with Gasteiger partial charge in [-0.05, 0) is 6.92 Å². The number of methoxy groups -OCH3 is 1. The molecular weight excluding hydrogens is 144 g/mol. The quantitative estimate of drug-likeness (QED) is 0.441. The second-order valence-corrected chi connectivity index (χ2v) is 2.01. The molecule has 0 radical (unpaired) electrons. The highest BCUT2D eigenvalue weighted by Gasteiger charge is 2.01. The Kier molecular flexibility index (Phi) is 5.22. The summed E-state index contributed by atoms with van der Waals surface area (Å²) in [6, 6.07) is 0. The van der Waals surface area contributed by atoms with Gasteiger partial charge in [-0.25, -0.2) is 0 Å². The Hall–Kier alpha value is -1.01.